The molecule has 2 rings (SSSR count). The SMILES string of the molecule is C=C=CC1C(C(C#N)(C#N)CC#CCOC(C)=O)=CC2CCC1N2C(=O)O. The van der Waals surface area contributed by atoms with E-state index in [9.17, 15) is 25.2 Å². The van der Waals surface area contributed by atoms with Crippen LogP contribution in [0.3, 0.4) is 0 Å². The van der Waals surface area contributed by atoms with Crippen molar-refractivity contribution in [3.8, 4) is 24.0 Å². The second kappa shape index (κ2) is 8.28. The van der Waals surface area contributed by atoms with Crippen LogP contribution in [0.15, 0.2) is 30.0 Å². The fourth-order valence-electron chi connectivity index (χ4n) is 3.66. The number of rotatable bonds is 4. The van der Waals surface area contributed by atoms with Crippen LogP contribution in [0, 0.1) is 45.8 Å². The van der Waals surface area contributed by atoms with Crippen LogP contribution < -0.4 is 0 Å². The molecule has 138 valence electrons. The van der Waals surface area contributed by atoms with Crippen LogP contribution in [0.2, 0.25) is 0 Å². The normalized spacial score (nSPS) is 22.9. The molecule has 27 heavy (non-hydrogen) atoms. The number of ether oxygens (including phenoxy) is 1. The molecule has 1 saturated heterocycles. The topological polar surface area (TPSA) is 114 Å². The van der Waals surface area contributed by atoms with E-state index >= 15 is 0 Å². The molecule has 2 aliphatic rings. The number of carboxylic acid groups (broad SMARTS) is 1. The molecule has 2 aliphatic heterocycles. The van der Waals surface area contributed by atoms with E-state index in [-0.39, 0.29) is 25.1 Å². The van der Waals surface area contributed by atoms with Crippen LogP contribution in [0.1, 0.15) is 26.2 Å². The fourth-order valence-corrected chi connectivity index (χ4v) is 3.66. The third kappa shape index (κ3) is 3.87. The molecule has 1 N–H and O–H groups in total. The molecule has 0 aromatic carbocycles. The number of amides is 1. The Bertz CT molecular complexity index is 844. The Kier molecular flexibility index (Phi) is 6.09. The molecule has 0 aromatic rings. The molecule has 3 unspecified atom stereocenters. The second-order valence-electron chi connectivity index (χ2n) is 6.36. The first-order valence-electron chi connectivity index (χ1n) is 8.41. The van der Waals surface area contributed by atoms with E-state index in [0.717, 1.165) is 0 Å². The van der Waals surface area contributed by atoms with E-state index in [1.54, 1.807) is 12.2 Å². The Balaban J connectivity index is 2.40. The van der Waals surface area contributed by atoms with E-state index in [0.29, 0.717) is 18.4 Å². The average molecular weight is 365 g/mol. The number of hydrogen-bond acceptors (Lipinski definition) is 5. The van der Waals surface area contributed by atoms with Gasteiger partial charge in [0, 0.05) is 25.3 Å². The minimum Gasteiger partial charge on any atom is -0.465 e. The van der Waals surface area contributed by atoms with Crippen molar-refractivity contribution in [1.29, 1.82) is 10.5 Å². The maximum atomic E-state index is 11.6. The summed E-state index contributed by atoms with van der Waals surface area (Å²) in [4.78, 5) is 23.8. The van der Waals surface area contributed by atoms with Gasteiger partial charge in [0.2, 0.25) is 0 Å². The Hall–Kier alpha value is -3.46. The lowest BCUT2D eigenvalue weighted by Crippen LogP contribution is -2.48. The van der Waals surface area contributed by atoms with E-state index in [4.69, 9.17) is 4.74 Å². The summed E-state index contributed by atoms with van der Waals surface area (Å²) in [5, 5.41) is 29.1. The van der Waals surface area contributed by atoms with Crippen molar-refractivity contribution in [3.63, 3.8) is 0 Å². The number of carbonyl (C=O) groups excluding carboxylic acids is 1. The maximum absolute atomic E-state index is 11.6. The van der Waals surface area contributed by atoms with Crippen molar-refractivity contribution in [2.75, 3.05) is 6.61 Å². The Labute approximate surface area is 157 Å². The molecule has 1 fully saturated rings. The van der Waals surface area contributed by atoms with Crippen molar-refractivity contribution in [1.82, 2.24) is 4.90 Å². The Morgan fingerprint density at radius 3 is 2.67 bits per heavy atom. The predicted molar refractivity (Wildman–Crippen MR) is 94.6 cm³/mol. The Morgan fingerprint density at radius 1 is 1.41 bits per heavy atom. The van der Waals surface area contributed by atoms with Crippen LogP contribution in [0.5, 0.6) is 0 Å². The number of fused-ring (bicyclic) bond motifs is 2. The number of nitriles is 2. The summed E-state index contributed by atoms with van der Waals surface area (Å²) in [6.45, 7) is 4.71. The van der Waals surface area contributed by atoms with Gasteiger partial charge in [-0.2, -0.15) is 10.5 Å². The monoisotopic (exact) mass is 365 g/mol. The fraction of sp³-hybridized carbons (Fsp3) is 0.450. The highest BCUT2D eigenvalue weighted by Gasteiger charge is 2.50. The van der Waals surface area contributed by atoms with Gasteiger partial charge < -0.3 is 9.84 Å². The van der Waals surface area contributed by atoms with Gasteiger partial charge >= 0.3 is 12.1 Å². The molecular weight excluding hydrogens is 346 g/mol. The summed E-state index contributed by atoms with van der Waals surface area (Å²) in [6.07, 6.45) is 3.49. The number of hydrogen-bond donors (Lipinski definition) is 1. The van der Waals surface area contributed by atoms with Gasteiger partial charge in [-0.05, 0) is 24.5 Å². The highest BCUT2D eigenvalue weighted by atomic mass is 16.5. The van der Waals surface area contributed by atoms with Gasteiger partial charge in [0.1, 0.15) is 0 Å². The third-order valence-corrected chi connectivity index (χ3v) is 4.84. The number of nitrogens with zero attached hydrogens (tertiary/aromatic N) is 3. The maximum Gasteiger partial charge on any atom is 0.408 e. The average Bonchev–Trinajstić information content (AvgIpc) is 2.97. The van der Waals surface area contributed by atoms with E-state index in [2.05, 4.69) is 36.3 Å². The first-order chi connectivity index (χ1) is 12.9. The highest BCUT2D eigenvalue weighted by Crippen LogP contribution is 2.46. The zero-order valence-electron chi connectivity index (χ0n) is 14.9. The van der Waals surface area contributed by atoms with Gasteiger partial charge in [-0.25, -0.2) is 4.79 Å². The van der Waals surface area contributed by atoms with Crippen LogP contribution in [-0.4, -0.2) is 40.8 Å². The van der Waals surface area contributed by atoms with Crippen LogP contribution in [0.25, 0.3) is 0 Å². The molecule has 7 nitrogen and oxygen atoms in total. The standard InChI is InChI=1S/C20H19N3O4/c1-3-6-16-17(11-15-7-8-18(16)23(15)19(25)26)20(12-21,13-22)9-4-5-10-27-14(2)24/h6,11,15-16,18H,1,7-10H2,2H3,(H,25,26). The van der Waals surface area contributed by atoms with Crippen molar-refractivity contribution in [3.05, 3.63) is 30.0 Å². The summed E-state index contributed by atoms with van der Waals surface area (Å²) in [6, 6.07) is 3.39. The quantitative estimate of drug-likeness (QED) is 0.354. The van der Waals surface area contributed by atoms with E-state index < -0.39 is 23.4 Å². The van der Waals surface area contributed by atoms with Crippen LogP contribution in [0.4, 0.5) is 4.79 Å². The smallest absolute Gasteiger partial charge is 0.408 e. The first kappa shape index (κ1) is 19.9. The van der Waals surface area contributed by atoms with Crippen molar-refractivity contribution in [2.24, 2.45) is 11.3 Å². The van der Waals surface area contributed by atoms with Gasteiger partial charge in [0.25, 0.3) is 0 Å². The van der Waals surface area contributed by atoms with E-state index in [1.807, 2.05) is 0 Å². The van der Waals surface area contributed by atoms with Gasteiger partial charge in [0.15, 0.2) is 12.0 Å². The summed E-state index contributed by atoms with van der Waals surface area (Å²) >= 11 is 0. The molecule has 7 heteroatoms. The first-order valence-corrected chi connectivity index (χ1v) is 8.41. The molecule has 0 radical (unpaired) electrons. The lowest BCUT2D eigenvalue weighted by Gasteiger charge is -2.39. The summed E-state index contributed by atoms with van der Waals surface area (Å²) in [5.41, 5.74) is 1.69. The largest absolute Gasteiger partial charge is 0.465 e. The summed E-state index contributed by atoms with van der Waals surface area (Å²) < 4.78 is 4.72. The van der Waals surface area contributed by atoms with Gasteiger partial charge in [-0.15, -0.1) is 5.73 Å². The van der Waals surface area contributed by atoms with E-state index in [1.165, 1.54) is 11.8 Å². The lowest BCUT2D eigenvalue weighted by molar-refractivity contribution is -0.139. The summed E-state index contributed by atoms with van der Waals surface area (Å²) in [7, 11) is 0. The van der Waals surface area contributed by atoms with Crippen molar-refractivity contribution >= 4 is 12.1 Å². The van der Waals surface area contributed by atoms with Gasteiger partial charge in [-0.3, -0.25) is 9.69 Å². The lowest BCUT2D eigenvalue weighted by atomic mass is 9.70. The second-order valence-corrected chi connectivity index (χ2v) is 6.36. The molecule has 0 aliphatic carbocycles. The number of carbonyl (C=O) groups is 2. The summed E-state index contributed by atoms with van der Waals surface area (Å²) in [5.74, 6) is 4.43. The Morgan fingerprint density at radius 2 is 2.11 bits per heavy atom. The highest BCUT2D eigenvalue weighted by molar-refractivity contribution is 5.68. The zero-order valence-corrected chi connectivity index (χ0v) is 14.9. The third-order valence-electron chi connectivity index (χ3n) is 4.84. The zero-order chi connectivity index (χ0) is 20.0. The van der Waals surface area contributed by atoms with Crippen LogP contribution >= 0.6 is 0 Å². The van der Waals surface area contributed by atoms with Crippen molar-refractivity contribution in [2.45, 2.75) is 38.3 Å². The molecular formula is C20H19N3O4. The molecule has 0 spiro atoms. The van der Waals surface area contributed by atoms with Crippen molar-refractivity contribution < 1.29 is 19.4 Å². The number of esters is 1. The molecule has 2 bridgehead atoms. The molecule has 1 amide bonds. The van der Waals surface area contributed by atoms with Gasteiger partial charge in [-0.1, -0.05) is 24.5 Å². The molecule has 0 aromatic heterocycles. The van der Waals surface area contributed by atoms with Crippen LogP contribution in [-0.2, 0) is 9.53 Å². The predicted octanol–water partition coefficient (Wildman–Crippen LogP) is 2.38. The molecule has 2 heterocycles. The molecule has 0 saturated carbocycles. The van der Waals surface area contributed by atoms with Gasteiger partial charge in [0.05, 0.1) is 18.2 Å². The molecule has 3 atom stereocenters. The minimum absolute atomic E-state index is 0.0684. The minimum atomic E-state index is -1.52.